The molecule has 168 valence electrons. The fraction of sp³-hybridized carbons (Fsp3) is 0.545. The zero-order chi connectivity index (χ0) is 22.1. The van der Waals surface area contributed by atoms with Gasteiger partial charge in [0.25, 0.3) is 0 Å². The molecule has 2 N–H and O–H groups in total. The first-order valence-corrected chi connectivity index (χ1v) is 11.5. The highest BCUT2D eigenvalue weighted by Gasteiger charge is 2.32. The molecule has 0 aromatic heterocycles. The molecule has 30 heavy (non-hydrogen) atoms. The van der Waals surface area contributed by atoms with Gasteiger partial charge in [-0.2, -0.15) is 0 Å². The van der Waals surface area contributed by atoms with Crippen molar-refractivity contribution in [1.29, 1.82) is 0 Å². The van der Waals surface area contributed by atoms with E-state index in [2.05, 4.69) is 47.6 Å². The summed E-state index contributed by atoms with van der Waals surface area (Å²) in [6, 6.07) is 9.59. The lowest BCUT2D eigenvalue weighted by atomic mass is 10.00. The Bertz CT molecular complexity index is 738. The molecule has 0 amide bonds. The van der Waals surface area contributed by atoms with Crippen molar-refractivity contribution in [3.63, 3.8) is 0 Å². The minimum Gasteiger partial charge on any atom is -0.458 e. The van der Waals surface area contributed by atoms with Gasteiger partial charge in [0.15, 0.2) is 0 Å². The molecule has 0 spiro atoms. The van der Waals surface area contributed by atoms with Crippen LogP contribution in [0.15, 0.2) is 53.4 Å². The number of benzene rings is 1. The highest BCUT2D eigenvalue weighted by Crippen LogP contribution is 2.31. The largest absolute Gasteiger partial charge is 0.458 e. The molecule has 0 aliphatic heterocycles. The molecule has 1 aliphatic rings. The summed E-state index contributed by atoms with van der Waals surface area (Å²) in [5, 5.41) is 9.51. The predicted octanol–water partition coefficient (Wildman–Crippen LogP) is 1.28. The van der Waals surface area contributed by atoms with Crippen LogP contribution in [0.2, 0.25) is 0 Å². The van der Waals surface area contributed by atoms with Crippen LogP contribution < -0.4 is 9.46 Å². The van der Waals surface area contributed by atoms with Crippen LogP contribution in [-0.2, 0) is 11.0 Å². The van der Waals surface area contributed by atoms with E-state index in [9.17, 15) is 9.32 Å². The van der Waals surface area contributed by atoms with Gasteiger partial charge < -0.3 is 24.5 Å². The third kappa shape index (κ3) is 7.21. The topological polar surface area (TPSA) is 68.3 Å². The molecule has 0 radical (unpaired) electrons. The van der Waals surface area contributed by atoms with Crippen LogP contribution in [-0.4, -0.2) is 97.3 Å². The zero-order valence-electron chi connectivity index (χ0n) is 18.8. The van der Waals surface area contributed by atoms with E-state index in [-0.39, 0.29) is 11.9 Å². The summed E-state index contributed by atoms with van der Waals surface area (Å²) in [6.45, 7) is 3.28. The Morgan fingerprint density at radius 1 is 1.07 bits per heavy atom. The third-order valence-corrected chi connectivity index (χ3v) is 6.24. The van der Waals surface area contributed by atoms with Crippen LogP contribution in [0.5, 0.6) is 5.75 Å². The number of likely N-dealkylation sites (N-methyl/N-ethyl adjacent to an activating group) is 2. The Morgan fingerprint density at radius 3 is 2.17 bits per heavy atom. The van der Waals surface area contributed by atoms with Crippen molar-refractivity contribution in [1.82, 2.24) is 19.4 Å². The lowest BCUT2D eigenvalue weighted by Gasteiger charge is -2.35. The maximum absolute atomic E-state index is 12.9. The van der Waals surface area contributed by atoms with Crippen molar-refractivity contribution >= 4 is 11.0 Å². The quantitative estimate of drug-likeness (QED) is 0.515. The van der Waals surface area contributed by atoms with E-state index in [1.807, 2.05) is 36.4 Å². The lowest BCUT2D eigenvalue weighted by Crippen LogP contribution is -2.40. The number of hydrogen-bond donors (Lipinski definition) is 2. The number of aliphatic hydroxyl groups is 1. The standard InChI is InChI=1S/C22H36N4O3S/c1-23-30(28)21-16-18(17-27)15-20(22(21)29-19-9-7-6-8-10-19)26(13-11-24(2)3)14-12-25(4)5/h6-10,15,21,23,27H,11-14,16-17H2,1-5H3. The lowest BCUT2D eigenvalue weighted by molar-refractivity contribution is 0.248. The first-order valence-electron chi connectivity index (χ1n) is 10.3. The number of allylic oxidation sites excluding steroid dienone is 1. The fourth-order valence-electron chi connectivity index (χ4n) is 3.22. The monoisotopic (exact) mass is 436 g/mol. The first kappa shape index (κ1) is 24.6. The van der Waals surface area contributed by atoms with Crippen molar-refractivity contribution in [3.05, 3.63) is 53.4 Å². The molecule has 0 bridgehead atoms. The molecule has 1 aromatic carbocycles. The molecule has 0 fully saturated rings. The summed E-state index contributed by atoms with van der Waals surface area (Å²) in [5.41, 5.74) is 1.75. The van der Waals surface area contributed by atoms with Gasteiger partial charge in [0.05, 0.1) is 12.3 Å². The molecule has 1 aliphatic carbocycles. The van der Waals surface area contributed by atoms with E-state index in [4.69, 9.17) is 4.74 Å². The van der Waals surface area contributed by atoms with Crippen LogP contribution in [0.3, 0.4) is 0 Å². The van der Waals surface area contributed by atoms with Crippen molar-refractivity contribution in [2.24, 2.45) is 0 Å². The van der Waals surface area contributed by atoms with Gasteiger partial charge in [-0.25, -0.2) is 8.93 Å². The van der Waals surface area contributed by atoms with Crippen LogP contribution in [0, 0.1) is 0 Å². The Hall–Kier alpha value is -1.71. The second kappa shape index (κ2) is 12.2. The molecule has 2 atom stereocenters. The van der Waals surface area contributed by atoms with Gasteiger partial charge in [0.2, 0.25) is 0 Å². The zero-order valence-corrected chi connectivity index (χ0v) is 19.6. The molecular formula is C22H36N4O3S. The minimum atomic E-state index is -1.33. The molecule has 0 saturated carbocycles. The predicted molar refractivity (Wildman–Crippen MR) is 124 cm³/mol. The summed E-state index contributed by atoms with van der Waals surface area (Å²) in [5.74, 6) is 1.40. The Labute approximate surface area is 183 Å². The van der Waals surface area contributed by atoms with E-state index in [1.165, 1.54) is 0 Å². The van der Waals surface area contributed by atoms with Gasteiger partial charge >= 0.3 is 0 Å². The molecule has 7 nitrogen and oxygen atoms in total. The average molecular weight is 437 g/mol. The van der Waals surface area contributed by atoms with Crippen molar-refractivity contribution in [3.8, 4) is 5.75 Å². The summed E-state index contributed by atoms with van der Waals surface area (Å²) in [4.78, 5) is 6.56. The molecule has 0 saturated heterocycles. The number of aliphatic hydroxyl groups excluding tert-OH is 1. The number of nitrogens with one attached hydrogen (secondary N) is 1. The normalized spacial score (nSPS) is 18.0. The van der Waals surface area contributed by atoms with Gasteiger partial charge in [-0.3, -0.25) is 0 Å². The van der Waals surface area contributed by atoms with Crippen LogP contribution in [0.4, 0.5) is 0 Å². The van der Waals surface area contributed by atoms with Crippen molar-refractivity contribution < 1.29 is 14.1 Å². The van der Waals surface area contributed by atoms with Gasteiger partial charge in [-0.1, -0.05) is 18.2 Å². The van der Waals surface area contributed by atoms with E-state index in [0.717, 1.165) is 37.4 Å². The summed E-state index contributed by atoms with van der Waals surface area (Å²) < 4.78 is 22.1. The molecule has 1 aromatic rings. The number of para-hydroxylation sites is 1. The van der Waals surface area contributed by atoms with E-state index < -0.39 is 11.0 Å². The number of rotatable bonds is 12. The molecule has 8 heteroatoms. The smallest absolute Gasteiger partial charge is 0.145 e. The molecule has 2 unspecified atom stereocenters. The highest BCUT2D eigenvalue weighted by atomic mass is 32.2. The van der Waals surface area contributed by atoms with Gasteiger partial charge in [0, 0.05) is 26.2 Å². The van der Waals surface area contributed by atoms with Crippen LogP contribution in [0.25, 0.3) is 0 Å². The fourth-order valence-corrected chi connectivity index (χ4v) is 4.23. The van der Waals surface area contributed by atoms with Crippen molar-refractivity contribution in [2.45, 2.75) is 11.7 Å². The second-order valence-electron chi connectivity index (χ2n) is 7.91. The summed E-state index contributed by atoms with van der Waals surface area (Å²) >= 11 is 0. The van der Waals surface area contributed by atoms with Crippen molar-refractivity contribution in [2.75, 3.05) is 68.0 Å². The van der Waals surface area contributed by atoms with Crippen LogP contribution >= 0.6 is 0 Å². The SMILES string of the molecule is CNS(=O)C1CC(CO)=CC(N(CCN(C)C)CCN(C)C)=C1Oc1ccccc1. The number of nitrogens with zero attached hydrogens (tertiary/aromatic N) is 3. The minimum absolute atomic E-state index is 0.0608. The third-order valence-electron chi connectivity index (χ3n) is 4.94. The Balaban J connectivity index is 2.52. The second-order valence-corrected chi connectivity index (χ2v) is 9.49. The molecule has 0 heterocycles. The van der Waals surface area contributed by atoms with Gasteiger partial charge in [0.1, 0.15) is 27.7 Å². The first-order chi connectivity index (χ1) is 14.3. The van der Waals surface area contributed by atoms with Gasteiger partial charge in [-0.15, -0.1) is 0 Å². The van der Waals surface area contributed by atoms with Crippen LogP contribution in [0.1, 0.15) is 6.42 Å². The molecular weight excluding hydrogens is 400 g/mol. The van der Waals surface area contributed by atoms with E-state index in [1.54, 1.807) is 7.05 Å². The van der Waals surface area contributed by atoms with E-state index in [0.29, 0.717) is 17.9 Å². The van der Waals surface area contributed by atoms with E-state index >= 15 is 0 Å². The van der Waals surface area contributed by atoms with Gasteiger partial charge in [-0.05, 0) is 65.4 Å². The Morgan fingerprint density at radius 2 is 1.67 bits per heavy atom. The summed E-state index contributed by atoms with van der Waals surface area (Å²) in [6.07, 6.45) is 2.50. The average Bonchev–Trinajstić information content (AvgIpc) is 2.74. The Kier molecular flexibility index (Phi) is 10.0. The molecule has 2 rings (SSSR count). The maximum Gasteiger partial charge on any atom is 0.145 e. The highest BCUT2D eigenvalue weighted by molar-refractivity contribution is 7.83. The summed E-state index contributed by atoms with van der Waals surface area (Å²) in [7, 11) is 8.55. The number of ether oxygens (including phenoxy) is 1. The maximum atomic E-state index is 12.9. The number of hydrogen-bond acceptors (Lipinski definition) is 6.